The number of hydrogen-bond acceptors (Lipinski definition) is 0. The largest absolute Gasteiger partial charge is 0.204 e. The highest BCUT2D eigenvalue weighted by Crippen LogP contribution is 2.09. The minimum Gasteiger partial charge on any atom is -0.204 e. The molecule has 0 spiro atoms. The second kappa shape index (κ2) is 2.87. The van der Waals surface area contributed by atoms with E-state index >= 15 is 0 Å². The van der Waals surface area contributed by atoms with Gasteiger partial charge in [0.05, 0.1) is 0 Å². The molecule has 3 heteroatoms. The van der Waals surface area contributed by atoms with E-state index in [1.54, 1.807) is 0 Å². The fraction of sp³-hybridized carbons (Fsp3) is 0. The molecule has 0 atom stereocenters. The highest BCUT2D eigenvalue weighted by atomic mass is 19.2. The highest BCUT2D eigenvalue weighted by Gasteiger charge is 2.06. The molecule has 0 aliphatic rings. The first kappa shape index (κ1) is 7.99. The molecule has 0 amide bonds. The Kier molecular flexibility index (Phi) is 2.08. The number of halogens is 2. The zero-order valence-electron chi connectivity index (χ0n) is 5.77. The number of hydrogen-bond donors (Lipinski definition) is 0. The standard InChI is InChI=1S/C8H5BF2/c1-2-5-6(9)3-4-7(10)8(5)11/h2-4H,1H2. The van der Waals surface area contributed by atoms with Crippen LogP contribution < -0.4 is 5.46 Å². The van der Waals surface area contributed by atoms with Crippen LogP contribution >= 0.6 is 0 Å². The summed E-state index contributed by atoms with van der Waals surface area (Å²) in [4.78, 5) is 0. The second-order valence-corrected chi connectivity index (χ2v) is 2.07. The molecule has 0 saturated heterocycles. The van der Waals surface area contributed by atoms with Crippen LogP contribution in [0.2, 0.25) is 0 Å². The molecular weight excluding hydrogens is 145 g/mol. The Bertz CT molecular complexity index is 294. The van der Waals surface area contributed by atoms with Crippen molar-refractivity contribution in [2.45, 2.75) is 0 Å². The van der Waals surface area contributed by atoms with E-state index in [4.69, 9.17) is 7.85 Å². The average Bonchev–Trinajstić information content (AvgIpc) is 1.99. The van der Waals surface area contributed by atoms with Crippen molar-refractivity contribution < 1.29 is 8.78 Å². The second-order valence-electron chi connectivity index (χ2n) is 2.07. The first-order chi connectivity index (χ1) is 5.16. The van der Waals surface area contributed by atoms with Gasteiger partial charge in [0.25, 0.3) is 0 Å². The van der Waals surface area contributed by atoms with Crippen molar-refractivity contribution in [3.05, 3.63) is 35.9 Å². The number of rotatable bonds is 1. The Labute approximate surface area is 65.0 Å². The van der Waals surface area contributed by atoms with Crippen LogP contribution in [0.5, 0.6) is 0 Å². The quantitative estimate of drug-likeness (QED) is 0.530. The Morgan fingerprint density at radius 1 is 1.36 bits per heavy atom. The summed E-state index contributed by atoms with van der Waals surface area (Å²) in [6, 6.07) is 2.28. The Balaban J connectivity index is 3.40. The molecule has 0 nitrogen and oxygen atoms in total. The minimum absolute atomic E-state index is 0.0185. The average molecular weight is 150 g/mol. The smallest absolute Gasteiger partial charge is 0.165 e. The Morgan fingerprint density at radius 2 is 2.00 bits per heavy atom. The maximum absolute atomic E-state index is 12.7. The van der Waals surface area contributed by atoms with Gasteiger partial charge in [-0.05, 0) is 6.07 Å². The summed E-state index contributed by atoms with van der Waals surface area (Å²) in [5.41, 5.74) is 0.212. The number of benzene rings is 1. The van der Waals surface area contributed by atoms with Crippen molar-refractivity contribution in [2.75, 3.05) is 0 Å². The van der Waals surface area contributed by atoms with Crippen LogP contribution in [-0.4, -0.2) is 7.85 Å². The van der Waals surface area contributed by atoms with Crippen LogP contribution in [-0.2, 0) is 0 Å². The van der Waals surface area contributed by atoms with Crippen LogP contribution in [0.25, 0.3) is 6.08 Å². The van der Waals surface area contributed by atoms with E-state index in [-0.39, 0.29) is 11.0 Å². The molecule has 0 saturated carbocycles. The Morgan fingerprint density at radius 3 is 2.45 bits per heavy atom. The van der Waals surface area contributed by atoms with Gasteiger partial charge in [-0.2, -0.15) is 0 Å². The van der Waals surface area contributed by atoms with Gasteiger partial charge < -0.3 is 0 Å². The maximum atomic E-state index is 12.7. The van der Waals surface area contributed by atoms with Crippen molar-refractivity contribution >= 4 is 19.4 Å². The van der Waals surface area contributed by atoms with E-state index in [1.165, 1.54) is 12.1 Å². The molecule has 0 heterocycles. The molecule has 0 bridgehead atoms. The van der Waals surface area contributed by atoms with Gasteiger partial charge in [0.15, 0.2) is 11.6 Å². The van der Waals surface area contributed by atoms with Gasteiger partial charge in [-0.15, -0.1) is 0 Å². The van der Waals surface area contributed by atoms with E-state index in [0.29, 0.717) is 0 Å². The molecule has 0 aliphatic carbocycles. The fourth-order valence-electron chi connectivity index (χ4n) is 0.789. The van der Waals surface area contributed by atoms with Gasteiger partial charge in [0, 0.05) is 5.56 Å². The normalized spacial score (nSPS) is 9.64. The summed E-state index contributed by atoms with van der Waals surface area (Å²) in [6.07, 6.45) is 1.19. The molecule has 1 aromatic rings. The predicted molar refractivity (Wildman–Crippen MR) is 41.8 cm³/mol. The van der Waals surface area contributed by atoms with Crippen LogP contribution in [0.15, 0.2) is 18.7 Å². The molecule has 0 fully saturated rings. The molecular formula is C8H5BF2. The summed E-state index contributed by atoms with van der Waals surface area (Å²) in [5, 5.41) is 0. The van der Waals surface area contributed by atoms with Crippen molar-refractivity contribution in [3.63, 3.8) is 0 Å². The van der Waals surface area contributed by atoms with E-state index < -0.39 is 11.6 Å². The van der Waals surface area contributed by atoms with Gasteiger partial charge in [0.1, 0.15) is 7.85 Å². The van der Waals surface area contributed by atoms with E-state index in [1.807, 2.05) is 0 Å². The molecule has 0 N–H and O–H groups in total. The summed E-state index contributed by atoms with van der Waals surface area (Å²) in [7, 11) is 5.32. The topological polar surface area (TPSA) is 0 Å². The SMILES string of the molecule is [B]c1ccc(F)c(F)c1C=C. The zero-order valence-corrected chi connectivity index (χ0v) is 5.77. The summed E-state index contributed by atoms with van der Waals surface area (Å²) < 4.78 is 25.2. The van der Waals surface area contributed by atoms with Gasteiger partial charge in [-0.3, -0.25) is 0 Å². The third-order valence-corrected chi connectivity index (χ3v) is 1.37. The lowest BCUT2D eigenvalue weighted by molar-refractivity contribution is 0.508. The molecule has 1 rings (SSSR count). The summed E-state index contributed by atoms with van der Waals surface area (Å²) in [6.45, 7) is 3.31. The lowest BCUT2D eigenvalue weighted by atomic mass is 9.90. The maximum Gasteiger partial charge on any atom is 0.165 e. The van der Waals surface area contributed by atoms with Gasteiger partial charge in [-0.25, -0.2) is 8.78 Å². The van der Waals surface area contributed by atoms with Crippen LogP contribution in [0.1, 0.15) is 5.56 Å². The lowest BCUT2D eigenvalue weighted by Gasteiger charge is -2.01. The van der Waals surface area contributed by atoms with Gasteiger partial charge in [-0.1, -0.05) is 24.2 Å². The van der Waals surface area contributed by atoms with E-state index in [2.05, 4.69) is 6.58 Å². The van der Waals surface area contributed by atoms with Gasteiger partial charge in [0.2, 0.25) is 0 Å². The summed E-state index contributed by atoms with van der Waals surface area (Å²) in [5.74, 6) is -1.85. The van der Waals surface area contributed by atoms with E-state index in [9.17, 15) is 8.78 Å². The van der Waals surface area contributed by atoms with Crippen molar-refractivity contribution in [2.24, 2.45) is 0 Å². The predicted octanol–water partition coefficient (Wildman–Crippen LogP) is 1.40. The van der Waals surface area contributed by atoms with Gasteiger partial charge >= 0.3 is 0 Å². The third-order valence-electron chi connectivity index (χ3n) is 1.37. The third kappa shape index (κ3) is 1.32. The fourth-order valence-corrected chi connectivity index (χ4v) is 0.789. The lowest BCUT2D eigenvalue weighted by Crippen LogP contribution is -2.10. The van der Waals surface area contributed by atoms with Crippen molar-refractivity contribution in [1.29, 1.82) is 0 Å². The van der Waals surface area contributed by atoms with Crippen molar-refractivity contribution in [1.82, 2.24) is 0 Å². The monoisotopic (exact) mass is 150 g/mol. The molecule has 0 unspecified atom stereocenters. The zero-order chi connectivity index (χ0) is 8.43. The molecule has 0 aliphatic heterocycles. The molecule has 2 radical (unpaired) electrons. The van der Waals surface area contributed by atoms with Crippen LogP contribution in [0, 0.1) is 11.6 Å². The van der Waals surface area contributed by atoms with E-state index in [0.717, 1.165) is 6.07 Å². The first-order valence-electron chi connectivity index (χ1n) is 3.02. The van der Waals surface area contributed by atoms with Crippen molar-refractivity contribution in [3.8, 4) is 0 Å². The van der Waals surface area contributed by atoms with Crippen LogP contribution in [0.4, 0.5) is 8.78 Å². The first-order valence-corrected chi connectivity index (χ1v) is 3.02. The Hall–Kier alpha value is -1.12. The molecule has 1 aromatic carbocycles. The molecule has 54 valence electrons. The molecule has 11 heavy (non-hydrogen) atoms. The summed E-state index contributed by atoms with van der Waals surface area (Å²) >= 11 is 0. The molecule has 0 aromatic heterocycles. The highest BCUT2D eigenvalue weighted by molar-refractivity contribution is 6.34. The van der Waals surface area contributed by atoms with Crippen LogP contribution in [0.3, 0.4) is 0 Å². The minimum atomic E-state index is -0.944.